The van der Waals surface area contributed by atoms with Gasteiger partial charge in [0.1, 0.15) is 0 Å². The van der Waals surface area contributed by atoms with E-state index in [2.05, 4.69) is 14.7 Å². The van der Waals surface area contributed by atoms with E-state index in [-0.39, 0.29) is 13.0 Å². The van der Waals surface area contributed by atoms with Crippen molar-refractivity contribution in [3.05, 3.63) is 54.4 Å². The van der Waals surface area contributed by atoms with Crippen LogP contribution in [0.5, 0.6) is 0 Å². The minimum Gasteiger partial charge on any atom is -0.463 e. The smallest absolute Gasteiger partial charge is 0.442 e. The molecule has 2 rings (SSSR count). The van der Waals surface area contributed by atoms with Crippen LogP contribution < -0.4 is 10.6 Å². The van der Waals surface area contributed by atoms with Gasteiger partial charge in [0.25, 0.3) is 0 Å². The first kappa shape index (κ1) is 20.1. The van der Waals surface area contributed by atoms with Crippen LogP contribution in [0.1, 0.15) is 12.5 Å². The van der Waals surface area contributed by atoms with Gasteiger partial charge in [0.2, 0.25) is 11.9 Å². The third-order valence-electron chi connectivity index (χ3n) is 3.41. The zero-order valence-corrected chi connectivity index (χ0v) is 14.3. The quantitative estimate of drug-likeness (QED) is 0.563. The number of halogens is 3. The number of benzene rings is 1. The number of alkyl halides is 3. The van der Waals surface area contributed by atoms with Crippen molar-refractivity contribution in [3.63, 3.8) is 0 Å². The Kier molecular flexibility index (Phi) is 6.32. The maximum absolute atomic E-state index is 13.9. The van der Waals surface area contributed by atoms with Gasteiger partial charge in [-0.2, -0.15) is 13.2 Å². The van der Waals surface area contributed by atoms with Crippen molar-refractivity contribution in [1.82, 2.24) is 15.3 Å². The van der Waals surface area contributed by atoms with Crippen LogP contribution in [-0.4, -0.2) is 40.3 Å². The molecule has 0 spiro atoms. The van der Waals surface area contributed by atoms with E-state index in [1.165, 1.54) is 25.4 Å². The molecule has 1 aromatic carbocycles. The summed E-state index contributed by atoms with van der Waals surface area (Å²) in [6.07, 6.45) is -3.22. The standard InChI is InChI=1S/C17H17F3N4O3/c1-2-27-14(26)16(17(18,19)20,24-15-21-9-6-10-22-15)23-13(25)11-12-7-4-3-5-8-12/h3-10H,2,11H2,1H3,(H,23,25)(H,21,22,24)/t16-/m0/s1. The number of anilines is 1. The van der Waals surface area contributed by atoms with Crippen LogP contribution in [-0.2, 0) is 20.7 Å². The fourth-order valence-electron chi connectivity index (χ4n) is 2.20. The van der Waals surface area contributed by atoms with Crippen LogP contribution in [0.3, 0.4) is 0 Å². The predicted octanol–water partition coefficient (Wildman–Crippen LogP) is 2.07. The van der Waals surface area contributed by atoms with Gasteiger partial charge in [0, 0.05) is 12.4 Å². The van der Waals surface area contributed by atoms with Crippen LogP contribution in [0.4, 0.5) is 19.1 Å². The molecule has 1 heterocycles. The highest BCUT2D eigenvalue weighted by Crippen LogP contribution is 2.32. The van der Waals surface area contributed by atoms with Crippen LogP contribution in [0, 0.1) is 0 Å². The summed E-state index contributed by atoms with van der Waals surface area (Å²) < 4.78 is 46.3. The first-order valence-corrected chi connectivity index (χ1v) is 7.92. The summed E-state index contributed by atoms with van der Waals surface area (Å²) >= 11 is 0. The largest absolute Gasteiger partial charge is 0.463 e. The molecule has 7 nitrogen and oxygen atoms in total. The molecular formula is C17H17F3N4O3. The first-order chi connectivity index (χ1) is 12.8. The lowest BCUT2D eigenvalue weighted by Gasteiger charge is -2.34. The van der Waals surface area contributed by atoms with Gasteiger partial charge in [0.05, 0.1) is 13.0 Å². The summed E-state index contributed by atoms with van der Waals surface area (Å²) in [6, 6.07) is 9.52. The Labute approximate surface area is 153 Å². The van der Waals surface area contributed by atoms with Crippen LogP contribution in [0.25, 0.3) is 0 Å². The predicted molar refractivity (Wildman–Crippen MR) is 89.4 cm³/mol. The van der Waals surface area contributed by atoms with Crippen molar-refractivity contribution in [3.8, 4) is 0 Å². The average Bonchev–Trinajstić information content (AvgIpc) is 2.62. The van der Waals surface area contributed by atoms with Crippen molar-refractivity contribution >= 4 is 17.8 Å². The highest BCUT2D eigenvalue weighted by molar-refractivity contribution is 5.91. The second kappa shape index (κ2) is 8.47. The number of carbonyl (C=O) groups excluding carboxylic acids is 2. The fraction of sp³-hybridized carbons (Fsp3) is 0.294. The number of hydrogen-bond acceptors (Lipinski definition) is 6. The Morgan fingerprint density at radius 3 is 2.26 bits per heavy atom. The van der Waals surface area contributed by atoms with E-state index < -0.39 is 29.7 Å². The number of amides is 1. The highest BCUT2D eigenvalue weighted by atomic mass is 19.4. The molecule has 2 N–H and O–H groups in total. The number of hydrogen-bond donors (Lipinski definition) is 2. The summed E-state index contributed by atoms with van der Waals surface area (Å²) in [5.41, 5.74) is -3.05. The second-order valence-electron chi connectivity index (χ2n) is 5.38. The SMILES string of the molecule is CCOC(=O)[C@](NC(=O)Cc1ccccc1)(Nc1ncccn1)C(F)(F)F. The van der Waals surface area contributed by atoms with E-state index in [1.54, 1.807) is 35.6 Å². The van der Waals surface area contributed by atoms with Crippen molar-refractivity contribution in [1.29, 1.82) is 0 Å². The first-order valence-electron chi connectivity index (χ1n) is 7.92. The molecule has 0 saturated carbocycles. The fourth-order valence-corrected chi connectivity index (χ4v) is 2.20. The molecule has 0 aliphatic heterocycles. The van der Waals surface area contributed by atoms with Gasteiger partial charge in [-0.05, 0) is 18.6 Å². The van der Waals surface area contributed by atoms with Gasteiger partial charge >= 0.3 is 17.8 Å². The van der Waals surface area contributed by atoms with Crippen molar-refractivity contribution < 1.29 is 27.5 Å². The molecule has 0 fully saturated rings. The molecular weight excluding hydrogens is 365 g/mol. The molecule has 0 aliphatic rings. The lowest BCUT2D eigenvalue weighted by molar-refractivity contribution is -0.208. The molecule has 0 radical (unpaired) electrons. The third kappa shape index (κ3) is 4.93. The number of esters is 1. The minimum absolute atomic E-state index is 0.317. The number of ether oxygens (including phenoxy) is 1. The monoisotopic (exact) mass is 382 g/mol. The van der Waals surface area contributed by atoms with E-state index in [4.69, 9.17) is 0 Å². The van der Waals surface area contributed by atoms with Crippen LogP contribution in [0.15, 0.2) is 48.8 Å². The summed E-state index contributed by atoms with van der Waals surface area (Å²) in [5, 5.41) is 3.60. The number of nitrogens with zero attached hydrogens (tertiary/aromatic N) is 2. The Bertz CT molecular complexity index is 772. The third-order valence-corrected chi connectivity index (χ3v) is 3.41. The van der Waals surface area contributed by atoms with Crippen LogP contribution >= 0.6 is 0 Å². The molecule has 1 aromatic heterocycles. The maximum atomic E-state index is 13.9. The molecule has 2 aromatic rings. The zero-order valence-electron chi connectivity index (χ0n) is 14.3. The van der Waals surface area contributed by atoms with Gasteiger partial charge in [-0.1, -0.05) is 30.3 Å². The second-order valence-corrected chi connectivity index (χ2v) is 5.38. The van der Waals surface area contributed by atoms with E-state index >= 15 is 0 Å². The normalized spacial score (nSPS) is 13.3. The van der Waals surface area contributed by atoms with E-state index in [1.807, 2.05) is 5.32 Å². The number of nitrogens with one attached hydrogen (secondary N) is 2. The zero-order chi connectivity index (χ0) is 19.9. The lowest BCUT2D eigenvalue weighted by Crippen LogP contribution is -2.69. The van der Waals surface area contributed by atoms with E-state index in [0.717, 1.165) is 0 Å². The Morgan fingerprint density at radius 1 is 1.07 bits per heavy atom. The average molecular weight is 382 g/mol. The highest BCUT2D eigenvalue weighted by Gasteiger charge is 2.64. The van der Waals surface area contributed by atoms with Gasteiger partial charge in [-0.3, -0.25) is 4.79 Å². The summed E-state index contributed by atoms with van der Waals surface area (Å²) in [6.45, 7) is 1.03. The molecule has 1 amide bonds. The molecule has 10 heteroatoms. The lowest BCUT2D eigenvalue weighted by atomic mass is 10.1. The molecule has 0 bridgehead atoms. The molecule has 0 aliphatic carbocycles. The maximum Gasteiger partial charge on any atom is 0.442 e. The molecule has 1 atom stereocenters. The van der Waals surface area contributed by atoms with Crippen LogP contribution in [0.2, 0.25) is 0 Å². The summed E-state index contributed by atoms with van der Waals surface area (Å²) in [4.78, 5) is 31.8. The van der Waals surface area contributed by atoms with E-state index in [0.29, 0.717) is 5.56 Å². The van der Waals surface area contributed by atoms with Gasteiger partial charge in [0.15, 0.2) is 0 Å². The number of carbonyl (C=O) groups is 2. The van der Waals surface area contributed by atoms with Crippen molar-refractivity contribution in [2.24, 2.45) is 0 Å². The number of rotatable bonds is 7. The van der Waals surface area contributed by atoms with Gasteiger partial charge in [-0.15, -0.1) is 0 Å². The number of aromatic nitrogens is 2. The molecule has 0 saturated heterocycles. The Hall–Kier alpha value is -3.17. The van der Waals surface area contributed by atoms with E-state index in [9.17, 15) is 22.8 Å². The Balaban J connectivity index is 2.37. The van der Waals surface area contributed by atoms with Gasteiger partial charge < -0.3 is 15.4 Å². The summed E-state index contributed by atoms with van der Waals surface area (Å²) in [7, 11) is 0. The Morgan fingerprint density at radius 2 is 1.70 bits per heavy atom. The minimum atomic E-state index is -5.23. The topological polar surface area (TPSA) is 93.2 Å². The van der Waals surface area contributed by atoms with Crippen molar-refractivity contribution in [2.75, 3.05) is 11.9 Å². The molecule has 144 valence electrons. The molecule has 27 heavy (non-hydrogen) atoms. The molecule has 0 unspecified atom stereocenters. The van der Waals surface area contributed by atoms with Crippen molar-refractivity contribution in [2.45, 2.75) is 25.2 Å². The van der Waals surface area contributed by atoms with Gasteiger partial charge in [-0.25, -0.2) is 14.8 Å². The summed E-state index contributed by atoms with van der Waals surface area (Å²) in [5.74, 6) is -3.25.